The molecule has 0 aliphatic rings. The number of rotatable bonds is 4. The molecule has 2 N–H and O–H groups in total. The fourth-order valence-corrected chi connectivity index (χ4v) is 1.54. The second-order valence-corrected chi connectivity index (χ2v) is 5.71. The van der Waals surface area contributed by atoms with Crippen molar-refractivity contribution in [3.8, 4) is 0 Å². The Hall–Kier alpha value is -1.39. The highest BCUT2D eigenvalue weighted by Crippen LogP contribution is 2.13. The Morgan fingerprint density at radius 1 is 1.26 bits per heavy atom. The molecule has 0 saturated heterocycles. The third kappa shape index (κ3) is 5.41. The molecule has 1 aromatic carbocycles. The lowest BCUT2D eigenvalue weighted by Gasteiger charge is -2.21. The van der Waals surface area contributed by atoms with Crippen molar-refractivity contribution in [1.29, 1.82) is 0 Å². The number of ether oxygens (including phenoxy) is 1. The number of nitrogens with two attached hydrogens (primary N) is 1. The van der Waals surface area contributed by atoms with Crippen LogP contribution in [0.3, 0.4) is 0 Å². The minimum atomic E-state index is -0.956. The van der Waals surface area contributed by atoms with E-state index in [4.69, 9.17) is 22.1 Å². The third-order valence-electron chi connectivity index (χ3n) is 2.28. The van der Waals surface area contributed by atoms with Crippen LogP contribution in [0, 0.1) is 0 Å². The summed E-state index contributed by atoms with van der Waals surface area (Å²) >= 11 is 5.74. The highest BCUT2D eigenvalue weighted by molar-refractivity contribution is 6.30. The lowest BCUT2D eigenvalue weighted by atomic mass is 10.0. The number of Topliss-reactive ketones (excluding diaryl/α,β-unsaturated/α-hetero) is 1. The van der Waals surface area contributed by atoms with Crippen LogP contribution in [0.5, 0.6) is 0 Å². The van der Waals surface area contributed by atoms with Crippen LogP contribution < -0.4 is 5.73 Å². The van der Waals surface area contributed by atoms with E-state index in [0.29, 0.717) is 10.6 Å². The topological polar surface area (TPSA) is 69.4 Å². The van der Waals surface area contributed by atoms with Crippen molar-refractivity contribution in [1.82, 2.24) is 0 Å². The Labute approximate surface area is 117 Å². The molecule has 104 valence electrons. The van der Waals surface area contributed by atoms with Gasteiger partial charge in [-0.3, -0.25) is 9.59 Å². The summed E-state index contributed by atoms with van der Waals surface area (Å²) in [6.07, 6.45) is -0.0868. The number of carbonyl (C=O) groups excluding carboxylic acids is 2. The van der Waals surface area contributed by atoms with Gasteiger partial charge < -0.3 is 10.5 Å². The van der Waals surface area contributed by atoms with Crippen LogP contribution in [0.15, 0.2) is 24.3 Å². The summed E-state index contributed by atoms with van der Waals surface area (Å²) in [5.41, 5.74) is 5.53. The van der Waals surface area contributed by atoms with E-state index < -0.39 is 17.6 Å². The number of esters is 1. The second kappa shape index (κ2) is 6.17. The molecule has 0 saturated carbocycles. The zero-order valence-electron chi connectivity index (χ0n) is 11.3. The van der Waals surface area contributed by atoms with Crippen LogP contribution in [-0.2, 0) is 9.53 Å². The van der Waals surface area contributed by atoms with E-state index in [1.807, 2.05) is 0 Å². The van der Waals surface area contributed by atoms with Gasteiger partial charge in [-0.05, 0) is 45.0 Å². The fourth-order valence-electron chi connectivity index (χ4n) is 1.41. The molecule has 1 atom stereocenters. The van der Waals surface area contributed by atoms with Gasteiger partial charge in [0.1, 0.15) is 11.6 Å². The van der Waals surface area contributed by atoms with E-state index in [-0.39, 0.29) is 12.2 Å². The minimum Gasteiger partial charge on any atom is -0.459 e. The molecule has 1 aromatic rings. The van der Waals surface area contributed by atoms with E-state index >= 15 is 0 Å². The van der Waals surface area contributed by atoms with E-state index in [9.17, 15) is 9.59 Å². The van der Waals surface area contributed by atoms with Crippen LogP contribution in [0.4, 0.5) is 0 Å². The molecule has 0 aliphatic carbocycles. The van der Waals surface area contributed by atoms with E-state index in [1.165, 1.54) is 0 Å². The molecule has 1 rings (SSSR count). The number of hydrogen-bond acceptors (Lipinski definition) is 4. The van der Waals surface area contributed by atoms with Crippen molar-refractivity contribution >= 4 is 23.4 Å². The monoisotopic (exact) mass is 283 g/mol. The van der Waals surface area contributed by atoms with Gasteiger partial charge in [-0.25, -0.2) is 0 Å². The van der Waals surface area contributed by atoms with Gasteiger partial charge in [-0.15, -0.1) is 0 Å². The molecule has 1 unspecified atom stereocenters. The lowest BCUT2D eigenvalue weighted by Crippen LogP contribution is -2.38. The molecule has 0 radical (unpaired) electrons. The fraction of sp³-hybridized carbons (Fsp3) is 0.429. The third-order valence-corrected chi connectivity index (χ3v) is 2.53. The van der Waals surface area contributed by atoms with Gasteiger partial charge in [0, 0.05) is 17.0 Å². The molecule has 0 aliphatic heterocycles. The van der Waals surface area contributed by atoms with Crippen LogP contribution in [0.2, 0.25) is 5.02 Å². The highest BCUT2D eigenvalue weighted by atomic mass is 35.5. The number of hydrogen-bond donors (Lipinski definition) is 1. The zero-order valence-corrected chi connectivity index (χ0v) is 12.0. The van der Waals surface area contributed by atoms with Gasteiger partial charge in [-0.1, -0.05) is 11.6 Å². The SMILES string of the molecule is CC(C)(C)OC(=O)C(N)CC(=O)c1ccc(Cl)cc1. The lowest BCUT2D eigenvalue weighted by molar-refractivity contribution is -0.156. The predicted octanol–water partition coefficient (Wildman–Crippen LogP) is 2.58. The quantitative estimate of drug-likeness (QED) is 0.681. The van der Waals surface area contributed by atoms with Gasteiger partial charge in [0.2, 0.25) is 0 Å². The second-order valence-electron chi connectivity index (χ2n) is 5.27. The standard InChI is InChI=1S/C14H18ClNO3/c1-14(2,3)19-13(18)11(16)8-12(17)9-4-6-10(15)7-5-9/h4-7,11H,8,16H2,1-3H3. The Morgan fingerprint density at radius 3 is 2.26 bits per heavy atom. The molecular weight excluding hydrogens is 266 g/mol. The summed E-state index contributed by atoms with van der Waals surface area (Å²) in [7, 11) is 0. The molecule has 4 nitrogen and oxygen atoms in total. The van der Waals surface area contributed by atoms with E-state index in [0.717, 1.165) is 0 Å². The van der Waals surface area contributed by atoms with Crippen molar-refractivity contribution in [3.63, 3.8) is 0 Å². The first-order chi connectivity index (χ1) is 8.69. The number of benzene rings is 1. The van der Waals surface area contributed by atoms with Crippen molar-refractivity contribution in [2.75, 3.05) is 0 Å². The zero-order chi connectivity index (χ0) is 14.6. The summed E-state index contributed by atoms with van der Waals surface area (Å²) in [6, 6.07) is 5.49. The highest BCUT2D eigenvalue weighted by Gasteiger charge is 2.24. The largest absolute Gasteiger partial charge is 0.459 e. The first-order valence-electron chi connectivity index (χ1n) is 5.96. The molecule has 0 fully saturated rings. The Morgan fingerprint density at radius 2 is 1.79 bits per heavy atom. The van der Waals surface area contributed by atoms with Gasteiger partial charge in [0.25, 0.3) is 0 Å². The molecule has 0 aromatic heterocycles. The molecule has 5 heteroatoms. The average Bonchev–Trinajstić information content (AvgIpc) is 2.27. The summed E-state index contributed by atoms with van der Waals surface area (Å²) in [6.45, 7) is 5.25. The molecule has 0 spiro atoms. The van der Waals surface area contributed by atoms with Crippen molar-refractivity contribution in [2.24, 2.45) is 5.73 Å². The van der Waals surface area contributed by atoms with E-state index in [2.05, 4.69) is 0 Å². The summed E-state index contributed by atoms with van der Waals surface area (Å²) in [4.78, 5) is 23.6. The molecule has 0 amide bonds. The van der Waals surface area contributed by atoms with Crippen LogP contribution >= 0.6 is 11.6 Å². The number of carbonyl (C=O) groups is 2. The van der Waals surface area contributed by atoms with E-state index in [1.54, 1.807) is 45.0 Å². The van der Waals surface area contributed by atoms with Crippen molar-refractivity contribution in [2.45, 2.75) is 38.8 Å². The smallest absolute Gasteiger partial charge is 0.323 e. The van der Waals surface area contributed by atoms with Crippen LogP contribution in [-0.4, -0.2) is 23.4 Å². The normalized spacial score (nSPS) is 12.9. The van der Waals surface area contributed by atoms with Crippen LogP contribution in [0.25, 0.3) is 0 Å². The average molecular weight is 284 g/mol. The summed E-state index contributed by atoms with van der Waals surface area (Å²) < 4.78 is 5.12. The van der Waals surface area contributed by atoms with Crippen molar-refractivity contribution < 1.29 is 14.3 Å². The summed E-state index contributed by atoms with van der Waals surface area (Å²) in [5.74, 6) is -0.787. The maximum Gasteiger partial charge on any atom is 0.323 e. The minimum absolute atomic E-state index is 0.0868. The Kier molecular flexibility index (Phi) is 5.09. The predicted molar refractivity (Wildman–Crippen MR) is 74.2 cm³/mol. The first-order valence-corrected chi connectivity index (χ1v) is 6.34. The Balaban J connectivity index is 2.61. The molecular formula is C14H18ClNO3. The molecule has 19 heavy (non-hydrogen) atoms. The van der Waals surface area contributed by atoms with Gasteiger partial charge in [0.05, 0.1) is 0 Å². The number of halogens is 1. The van der Waals surface area contributed by atoms with Gasteiger partial charge >= 0.3 is 5.97 Å². The summed E-state index contributed by atoms with van der Waals surface area (Å²) in [5, 5.41) is 0.549. The van der Waals surface area contributed by atoms with Crippen LogP contribution in [0.1, 0.15) is 37.6 Å². The Bertz CT molecular complexity index is 463. The van der Waals surface area contributed by atoms with Gasteiger partial charge in [0.15, 0.2) is 5.78 Å². The first kappa shape index (κ1) is 15.7. The van der Waals surface area contributed by atoms with Crippen molar-refractivity contribution in [3.05, 3.63) is 34.9 Å². The van der Waals surface area contributed by atoms with Gasteiger partial charge in [-0.2, -0.15) is 0 Å². The maximum absolute atomic E-state index is 11.9. The molecule has 0 bridgehead atoms. The molecule has 0 heterocycles. The maximum atomic E-state index is 11.9. The number of ketones is 1.